The summed E-state index contributed by atoms with van der Waals surface area (Å²) in [5.41, 5.74) is 0. The Hall–Kier alpha value is -0.330. The van der Waals surface area contributed by atoms with Crippen molar-refractivity contribution >= 4 is 52.7 Å². The van der Waals surface area contributed by atoms with Crippen LogP contribution in [-0.4, -0.2) is 50.9 Å². The highest BCUT2D eigenvalue weighted by molar-refractivity contribution is 8.00. The van der Waals surface area contributed by atoms with Crippen molar-refractivity contribution in [1.29, 1.82) is 0 Å². The first-order chi connectivity index (χ1) is 10.3. The average molecular weight is 385 g/mol. The Morgan fingerprint density at radius 2 is 2.05 bits per heavy atom. The van der Waals surface area contributed by atoms with E-state index in [0.717, 1.165) is 4.90 Å². The minimum atomic E-state index is -1.63. The molecule has 4 nitrogen and oxygen atoms in total. The number of β-amino-alcohol motifs (C(OH)–C–C–N with tert-alkyl or cyclic N) is 1. The minimum Gasteiger partial charge on any atom is -0.445 e. The molecule has 1 fully saturated rings. The molecule has 1 aliphatic rings. The van der Waals surface area contributed by atoms with Crippen molar-refractivity contribution in [2.45, 2.75) is 26.5 Å². The first-order valence-corrected chi connectivity index (χ1v) is 8.75. The fraction of sp³-hybridized carbons (Fsp3) is 0.500. The van der Waals surface area contributed by atoms with Gasteiger partial charge in [0.2, 0.25) is 3.79 Å². The maximum atomic E-state index is 11.9. The molecule has 0 bridgehead atoms. The van der Waals surface area contributed by atoms with Crippen LogP contribution < -0.4 is 0 Å². The van der Waals surface area contributed by atoms with Gasteiger partial charge in [-0.1, -0.05) is 53.0 Å². The van der Waals surface area contributed by atoms with E-state index in [1.165, 1.54) is 4.90 Å². The van der Waals surface area contributed by atoms with Gasteiger partial charge < -0.3 is 14.7 Å². The third kappa shape index (κ3) is 5.70. The third-order valence-electron chi connectivity index (χ3n) is 3.17. The molecule has 1 heterocycles. The lowest BCUT2D eigenvalue weighted by molar-refractivity contribution is 0.0532. The van der Waals surface area contributed by atoms with Crippen LogP contribution >= 0.6 is 46.6 Å². The number of piperidine rings is 1. The normalized spacial score (nSPS) is 22.5. The molecule has 1 aliphatic heterocycles. The van der Waals surface area contributed by atoms with Crippen LogP contribution in [0.5, 0.6) is 0 Å². The quantitative estimate of drug-likeness (QED) is 0.807. The Kier molecular flexibility index (Phi) is 6.53. The topological polar surface area (TPSA) is 49.8 Å². The first kappa shape index (κ1) is 18.0. The van der Waals surface area contributed by atoms with E-state index in [1.54, 1.807) is 11.8 Å². The molecule has 0 spiro atoms. The van der Waals surface area contributed by atoms with Crippen molar-refractivity contribution < 1.29 is 14.6 Å². The lowest BCUT2D eigenvalue weighted by Gasteiger charge is -2.35. The Morgan fingerprint density at radius 1 is 1.36 bits per heavy atom. The largest absolute Gasteiger partial charge is 0.445 e. The van der Waals surface area contributed by atoms with E-state index in [2.05, 4.69) is 0 Å². The summed E-state index contributed by atoms with van der Waals surface area (Å²) in [6.07, 6.45) is -0.531. The maximum Gasteiger partial charge on any atom is 0.409 e. The van der Waals surface area contributed by atoms with E-state index in [4.69, 9.17) is 39.5 Å². The number of likely N-dealkylation sites (tertiary alicyclic amines) is 1. The van der Waals surface area contributed by atoms with Crippen molar-refractivity contribution in [1.82, 2.24) is 4.90 Å². The van der Waals surface area contributed by atoms with E-state index in [0.29, 0.717) is 13.0 Å². The van der Waals surface area contributed by atoms with Crippen molar-refractivity contribution in [3.8, 4) is 0 Å². The number of halogens is 3. The van der Waals surface area contributed by atoms with Gasteiger partial charge in [0.1, 0.15) is 6.61 Å². The second kappa shape index (κ2) is 7.97. The van der Waals surface area contributed by atoms with Crippen LogP contribution in [0.4, 0.5) is 4.79 Å². The van der Waals surface area contributed by atoms with E-state index in [1.807, 2.05) is 30.3 Å². The summed E-state index contributed by atoms with van der Waals surface area (Å²) in [5.74, 6) is 0. The minimum absolute atomic E-state index is 0.0413. The number of aliphatic hydroxyl groups is 1. The molecule has 2 unspecified atom stereocenters. The average Bonchev–Trinajstić information content (AvgIpc) is 2.47. The zero-order valence-electron chi connectivity index (χ0n) is 11.6. The molecular formula is C14H16Cl3NO3S. The highest BCUT2D eigenvalue weighted by Gasteiger charge is 2.32. The monoisotopic (exact) mass is 383 g/mol. The Labute approximate surface area is 148 Å². The van der Waals surface area contributed by atoms with Crippen molar-refractivity contribution in [2.24, 2.45) is 0 Å². The second-order valence-electron chi connectivity index (χ2n) is 4.94. The molecule has 122 valence electrons. The summed E-state index contributed by atoms with van der Waals surface area (Å²) in [6.45, 7) is 0.398. The number of alkyl halides is 3. The summed E-state index contributed by atoms with van der Waals surface area (Å²) in [5, 5.41) is 10.3. The van der Waals surface area contributed by atoms with Crippen molar-refractivity contribution in [3.05, 3.63) is 30.3 Å². The van der Waals surface area contributed by atoms with Crippen LogP contribution in [0, 0.1) is 0 Å². The van der Waals surface area contributed by atoms with Crippen LogP contribution in [0.1, 0.15) is 6.42 Å². The van der Waals surface area contributed by atoms with E-state index < -0.39 is 16.0 Å². The van der Waals surface area contributed by atoms with Gasteiger partial charge in [-0.25, -0.2) is 4.79 Å². The van der Waals surface area contributed by atoms with Gasteiger partial charge in [-0.05, 0) is 18.6 Å². The summed E-state index contributed by atoms with van der Waals surface area (Å²) < 4.78 is 3.29. The molecule has 1 aromatic carbocycles. The zero-order chi connectivity index (χ0) is 16.2. The molecule has 0 aromatic heterocycles. The van der Waals surface area contributed by atoms with Gasteiger partial charge in [-0.15, -0.1) is 11.8 Å². The van der Waals surface area contributed by atoms with Gasteiger partial charge in [0.15, 0.2) is 0 Å². The smallest absolute Gasteiger partial charge is 0.409 e. The molecule has 1 aromatic rings. The molecule has 22 heavy (non-hydrogen) atoms. The van der Waals surface area contributed by atoms with Gasteiger partial charge >= 0.3 is 6.09 Å². The number of amides is 1. The number of carbonyl (C=O) groups is 1. The van der Waals surface area contributed by atoms with Gasteiger partial charge in [0.25, 0.3) is 0 Å². The van der Waals surface area contributed by atoms with Gasteiger partial charge in [-0.2, -0.15) is 0 Å². The number of benzene rings is 1. The highest BCUT2D eigenvalue weighted by Crippen LogP contribution is 2.31. The highest BCUT2D eigenvalue weighted by atomic mass is 35.6. The maximum absolute atomic E-state index is 11.9. The third-order valence-corrected chi connectivity index (χ3v) is 4.89. The molecule has 0 saturated carbocycles. The van der Waals surface area contributed by atoms with E-state index >= 15 is 0 Å². The SMILES string of the molecule is O=C(OCC(Cl)(Cl)Cl)N1CCC(Sc2ccccc2)C(O)C1. The standard InChI is InChI=1S/C14H16Cl3NO3S/c15-14(16,17)9-21-13(20)18-7-6-12(11(19)8-18)22-10-4-2-1-3-5-10/h1-5,11-12,19H,6-9H2. The first-order valence-electron chi connectivity index (χ1n) is 6.73. The number of hydrogen-bond donors (Lipinski definition) is 1. The van der Waals surface area contributed by atoms with Crippen LogP contribution in [0.25, 0.3) is 0 Å². The summed E-state index contributed by atoms with van der Waals surface area (Å²) in [6, 6.07) is 9.86. The fourth-order valence-corrected chi connectivity index (χ4v) is 3.42. The fourth-order valence-electron chi connectivity index (χ4n) is 2.12. The Balaban J connectivity index is 1.83. The second-order valence-corrected chi connectivity index (χ2v) is 8.77. The van der Waals surface area contributed by atoms with Crippen LogP contribution in [0.15, 0.2) is 35.2 Å². The Morgan fingerprint density at radius 3 is 2.64 bits per heavy atom. The number of carbonyl (C=O) groups excluding carboxylic acids is 1. The number of hydrogen-bond acceptors (Lipinski definition) is 4. The van der Waals surface area contributed by atoms with E-state index in [9.17, 15) is 9.90 Å². The van der Waals surface area contributed by atoms with E-state index in [-0.39, 0.29) is 18.4 Å². The molecule has 0 aliphatic carbocycles. The molecule has 1 saturated heterocycles. The summed E-state index contributed by atoms with van der Waals surface area (Å²) in [7, 11) is 0. The van der Waals surface area contributed by atoms with Crippen LogP contribution in [0.3, 0.4) is 0 Å². The number of ether oxygens (including phenoxy) is 1. The lowest BCUT2D eigenvalue weighted by Crippen LogP contribution is -2.48. The van der Waals surface area contributed by atoms with Gasteiger partial charge in [0.05, 0.1) is 12.6 Å². The molecule has 1 amide bonds. The molecule has 2 atom stereocenters. The molecular weight excluding hydrogens is 369 g/mol. The predicted octanol–water partition coefficient (Wildman–Crippen LogP) is 3.72. The number of nitrogens with zero attached hydrogens (tertiary/aromatic N) is 1. The van der Waals surface area contributed by atoms with Crippen LogP contribution in [-0.2, 0) is 4.74 Å². The zero-order valence-corrected chi connectivity index (χ0v) is 14.7. The number of rotatable bonds is 3. The number of aliphatic hydroxyl groups excluding tert-OH is 1. The molecule has 1 N–H and O–H groups in total. The lowest BCUT2D eigenvalue weighted by atomic mass is 10.1. The number of thioether (sulfide) groups is 1. The molecule has 2 rings (SSSR count). The van der Waals surface area contributed by atoms with Crippen molar-refractivity contribution in [3.63, 3.8) is 0 Å². The molecule has 8 heteroatoms. The van der Waals surface area contributed by atoms with Gasteiger partial charge in [-0.3, -0.25) is 0 Å². The summed E-state index contributed by atoms with van der Waals surface area (Å²) in [4.78, 5) is 14.4. The molecule has 0 radical (unpaired) electrons. The summed E-state index contributed by atoms with van der Waals surface area (Å²) >= 11 is 18.2. The van der Waals surface area contributed by atoms with Gasteiger partial charge in [0, 0.05) is 16.7 Å². The predicted molar refractivity (Wildman–Crippen MR) is 89.9 cm³/mol. The van der Waals surface area contributed by atoms with Crippen LogP contribution in [0.2, 0.25) is 0 Å². The Bertz CT molecular complexity index is 498. The van der Waals surface area contributed by atoms with Crippen molar-refractivity contribution in [2.75, 3.05) is 19.7 Å².